The lowest BCUT2D eigenvalue weighted by Gasteiger charge is -2.63. The Morgan fingerprint density at radius 2 is 2.22 bits per heavy atom. The number of phenolic OH excluding ortho intramolecular Hbond substituents is 1. The highest BCUT2D eigenvalue weighted by Crippen LogP contribution is 2.66. The number of benzene rings is 1. The number of aliphatic hydroxyl groups is 1. The summed E-state index contributed by atoms with van der Waals surface area (Å²) in [5, 5.41) is 22.2. The fraction of sp³-hybridized carbons (Fsp3) is 0.579. The van der Waals surface area contributed by atoms with E-state index in [0.29, 0.717) is 5.75 Å². The topological polar surface area (TPSA) is 52.9 Å². The molecule has 23 heavy (non-hydrogen) atoms. The molecule has 5 rings (SSSR count). The molecule has 2 aliphatic heterocycles. The van der Waals surface area contributed by atoms with Crippen LogP contribution >= 0.6 is 0 Å². The number of likely N-dealkylation sites (tertiary alicyclic amines) is 1. The summed E-state index contributed by atoms with van der Waals surface area (Å²) in [5.74, 6) is 0.788. The van der Waals surface area contributed by atoms with Crippen LogP contribution in [0.25, 0.3) is 0 Å². The molecule has 4 aliphatic rings. The van der Waals surface area contributed by atoms with E-state index in [-0.39, 0.29) is 17.9 Å². The van der Waals surface area contributed by atoms with E-state index in [1.165, 1.54) is 5.56 Å². The van der Waals surface area contributed by atoms with E-state index in [0.717, 1.165) is 49.9 Å². The Bertz CT molecular complexity index is 730. The van der Waals surface area contributed by atoms with Crippen molar-refractivity contribution in [3.8, 4) is 11.5 Å². The number of nitrogens with zero attached hydrogens (tertiary/aromatic N) is 1. The van der Waals surface area contributed by atoms with Gasteiger partial charge in [-0.3, -0.25) is 4.90 Å². The molecule has 1 saturated carbocycles. The molecule has 1 saturated heterocycles. The molecule has 1 unspecified atom stereocenters. The largest absolute Gasteiger partial charge is 0.504 e. The summed E-state index contributed by atoms with van der Waals surface area (Å²) in [6.07, 6.45) is 3.02. The quantitative estimate of drug-likeness (QED) is 0.780. The van der Waals surface area contributed by atoms with Gasteiger partial charge in [-0.1, -0.05) is 19.6 Å². The van der Waals surface area contributed by atoms with Gasteiger partial charge in [-0.15, -0.1) is 0 Å². The highest BCUT2D eigenvalue weighted by Gasteiger charge is 2.71. The molecule has 4 nitrogen and oxygen atoms in total. The predicted octanol–water partition coefficient (Wildman–Crippen LogP) is 2.12. The van der Waals surface area contributed by atoms with Crippen LogP contribution in [0.1, 0.15) is 37.3 Å². The number of rotatable bonds is 1. The fourth-order valence-electron chi connectivity index (χ4n) is 5.92. The third-order valence-corrected chi connectivity index (χ3v) is 6.93. The predicted molar refractivity (Wildman–Crippen MR) is 86.9 cm³/mol. The van der Waals surface area contributed by atoms with Crippen LogP contribution < -0.4 is 4.74 Å². The van der Waals surface area contributed by atoms with E-state index >= 15 is 0 Å². The Labute approximate surface area is 136 Å². The Morgan fingerprint density at radius 1 is 1.39 bits per heavy atom. The Morgan fingerprint density at radius 3 is 3.00 bits per heavy atom. The molecule has 0 aromatic heterocycles. The number of ether oxygens (including phenoxy) is 1. The molecule has 0 radical (unpaired) electrons. The maximum Gasteiger partial charge on any atom is 0.166 e. The lowest BCUT2D eigenvalue weighted by atomic mass is 9.48. The third kappa shape index (κ3) is 1.33. The van der Waals surface area contributed by atoms with E-state index in [1.807, 2.05) is 6.07 Å². The number of aromatic hydroxyl groups is 1. The first-order chi connectivity index (χ1) is 11.0. The zero-order valence-electron chi connectivity index (χ0n) is 13.5. The summed E-state index contributed by atoms with van der Waals surface area (Å²) in [5.41, 5.74) is 2.13. The highest BCUT2D eigenvalue weighted by molar-refractivity contribution is 5.63. The molecule has 4 atom stereocenters. The Kier molecular flexibility index (Phi) is 2.48. The fourth-order valence-corrected chi connectivity index (χ4v) is 5.92. The van der Waals surface area contributed by atoms with Gasteiger partial charge in [0, 0.05) is 11.6 Å². The van der Waals surface area contributed by atoms with Crippen molar-refractivity contribution in [3.63, 3.8) is 0 Å². The van der Waals surface area contributed by atoms with E-state index in [2.05, 4.69) is 18.4 Å². The monoisotopic (exact) mass is 313 g/mol. The van der Waals surface area contributed by atoms with Crippen LogP contribution in [0.3, 0.4) is 0 Å². The number of phenols is 1. The van der Waals surface area contributed by atoms with Crippen LogP contribution in [0.4, 0.5) is 0 Å². The van der Waals surface area contributed by atoms with Gasteiger partial charge >= 0.3 is 0 Å². The minimum Gasteiger partial charge on any atom is -0.504 e. The van der Waals surface area contributed by atoms with Crippen LogP contribution in [0.15, 0.2) is 24.3 Å². The second-order valence-electron chi connectivity index (χ2n) is 7.60. The zero-order valence-corrected chi connectivity index (χ0v) is 13.5. The molecular formula is C19H23NO3. The summed E-state index contributed by atoms with van der Waals surface area (Å²) in [4.78, 5) is 2.42. The molecule has 1 aromatic carbocycles. The van der Waals surface area contributed by atoms with E-state index < -0.39 is 11.0 Å². The molecular weight excluding hydrogens is 290 g/mol. The summed E-state index contributed by atoms with van der Waals surface area (Å²) in [6.45, 7) is 8.33. The second kappa shape index (κ2) is 4.11. The standard InChI is InChI=1S/C19H23NO3/c1-3-20-9-8-18-15-12-4-5-13(21)16(15)23-17(18)11(2)6-7-19(18,22)14(20)10-12/h4-5,14,17,21-22H,2-3,6-10H2,1H3/t14?,17-,18-,19+/m0/s1. The van der Waals surface area contributed by atoms with Gasteiger partial charge < -0.3 is 14.9 Å². The van der Waals surface area contributed by atoms with Gasteiger partial charge in [-0.25, -0.2) is 0 Å². The van der Waals surface area contributed by atoms with Crippen LogP contribution in [0.5, 0.6) is 11.5 Å². The van der Waals surface area contributed by atoms with Gasteiger partial charge in [0.05, 0.1) is 11.0 Å². The second-order valence-corrected chi connectivity index (χ2v) is 7.60. The minimum atomic E-state index is -0.792. The molecule has 2 heterocycles. The molecule has 0 amide bonds. The average Bonchev–Trinajstić information content (AvgIpc) is 2.89. The van der Waals surface area contributed by atoms with E-state index in [1.54, 1.807) is 6.07 Å². The molecule has 2 N–H and O–H groups in total. The average molecular weight is 313 g/mol. The zero-order chi connectivity index (χ0) is 16.0. The summed E-state index contributed by atoms with van der Waals surface area (Å²) >= 11 is 0. The normalized spacial score (nSPS) is 40.7. The summed E-state index contributed by atoms with van der Waals surface area (Å²) in [7, 11) is 0. The summed E-state index contributed by atoms with van der Waals surface area (Å²) in [6, 6.07) is 3.88. The van der Waals surface area contributed by atoms with Crippen molar-refractivity contribution in [1.82, 2.24) is 4.90 Å². The van der Waals surface area contributed by atoms with E-state index in [4.69, 9.17) is 4.74 Å². The van der Waals surface area contributed by atoms with Gasteiger partial charge in [0.1, 0.15) is 6.10 Å². The van der Waals surface area contributed by atoms with Crippen molar-refractivity contribution in [3.05, 3.63) is 35.4 Å². The van der Waals surface area contributed by atoms with Crippen LogP contribution in [0.2, 0.25) is 0 Å². The van der Waals surface area contributed by atoms with Gasteiger partial charge in [-0.05, 0) is 56.0 Å². The number of likely N-dealkylation sites (N-methyl/N-ethyl adjacent to an activating group) is 1. The molecule has 2 fully saturated rings. The van der Waals surface area contributed by atoms with Gasteiger partial charge in [0.2, 0.25) is 0 Å². The van der Waals surface area contributed by atoms with Gasteiger partial charge in [-0.2, -0.15) is 0 Å². The smallest absolute Gasteiger partial charge is 0.166 e. The van der Waals surface area contributed by atoms with Crippen molar-refractivity contribution >= 4 is 0 Å². The van der Waals surface area contributed by atoms with Crippen molar-refractivity contribution < 1.29 is 14.9 Å². The minimum absolute atomic E-state index is 0.128. The van der Waals surface area contributed by atoms with Crippen molar-refractivity contribution in [2.45, 2.75) is 55.8 Å². The number of piperidine rings is 1. The molecule has 1 spiro atoms. The SMILES string of the molecule is C=C1CC[C@@]2(O)C3Cc4ccc(O)c5c4[C@@]2(CCN3CC)[C@H]1O5. The molecule has 2 bridgehead atoms. The molecule has 122 valence electrons. The lowest BCUT2D eigenvalue weighted by molar-refractivity contribution is -0.173. The first-order valence-corrected chi connectivity index (χ1v) is 8.69. The summed E-state index contributed by atoms with van der Waals surface area (Å²) < 4.78 is 6.23. The van der Waals surface area contributed by atoms with Gasteiger partial charge in [0.15, 0.2) is 11.5 Å². The number of hydrogen-bond acceptors (Lipinski definition) is 4. The number of hydrogen-bond donors (Lipinski definition) is 2. The Hall–Kier alpha value is -1.52. The molecule has 1 aromatic rings. The van der Waals surface area contributed by atoms with Crippen molar-refractivity contribution in [2.75, 3.05) is 13.1 Å². The van der Waals surface area contributed by atoms with Crippen LogP contribution in [-0.4, -0.2) is 45.9 Å². The third-order valence-electron chi connectivity index (χ3n) is 6.93. The van der Waals surface area contributed by atoms with E-state index in [9.17, 15) is 10.2 Å². The molecule has 2 aliphatic carbocycles. The first kappa shape index (κ1) is 13.9. The van der Waals surface area contributed by atoms with Crippen LogP contribution in [-0.2, 0) is 11.8 Å². The van der Waals surface area contributed by atoms with Crippen LogP contribution in [0, 0.1) is 0 Å². The maximum absolute atomic E-state index is 11.9. The van der Waals surface area contributed by atoms with Crippen molar-refractivity contribution in [1.29, 1.82) is 0 Å². The highest BCUT2D eigenvalue weighted by atomic mass is 16.5. The lowest BCUT2D eigenvalue weighted by Crippen LogP contribution is -2.75. The molecule has 4 heteroatoms. The Balaban J connectivity index is 1.84. The maximum atomic E-state index is 11.9. The first-order valence-electron chi connectivity index (χ1n) is 8.69. The van der Waals surface area contributed by atoms with Gasteiger partial charge in [0.25, 0.3) is 0 Å². The van der Waals surface area contributed by atoms with Crippen molar-refractivity contribution in [2.24, 2.45) is 0 Å².